The Kier molecular flexibility index (Phi) is 5.76. The number of aromatic nitrogens is 4. The first-order chi connectivity index (χ1) is 12.8. The van der Waals surface area contributed by atoms with Gasteiger partial charge in [-0.3, -0.25) is 9.55 Å². The second kappa shape index (κ2) is 8.05. The lowest BCUT2D eigenvalue weighted by Gasteiger charge is -2.14. The van der Waals surface area contributed by atoms with Gasteiger partial charge < -0.3 is 5.11 Å². The van der Waals surface area contributed by atoms with E-state index in [1.165, 1.54) is 42.7 Å². The van der Waals surface area contributed by atoms with Crippen molar-refractivity contribution in [2.45, 2.75) is 24.0 Å². The van der Waals surface area contributed by atoms with Crippen LogP contribution in [0.25, 0.3) is 11.4 Å². The van der Waals surface area contributed by atoms with E-state index in [0.29, 0.717) is 5.56 Å². The summed E-state index contributed by atoms with van der Waals surface area (Å²) in [6, 6.07) is 8.74. The Hall–Kier alpha value is -2.46. The predicted octanol–water partition coefficient (Wildman–Crippen LogP) is 3.87. The zero-order valence-electron chi connectivity index (χ0n) is 13.8. The first-order valence-corrected chi connectivity index (χ1v) is 8.79. The van der Waals surface area contributed by atoms with Crippen molar-refractivity contribution in [1.82, 2.24) is 19.7 Å². The lowest BCUT2D eigenvalue weighted by atomic mass is 10.1. The summed E-state index contributed by atoms with van der Waals surface area (Å²) in [5.41, 5.74) is 0.504. The average molecular weight is 398 g/mol. The zero-order valence-corrected chi connectivity index (χ0v) is 14.6. The Morgan fingerprint density at radius 1 is 1.07 bits per heavy atom. The third-order valence-corrected chi connectivity index (χ3v) is 4.67. The molecule has 0 radical (unpaired) electrons. The maximum Gasteiger partial charge on any atom is 0.406 e. The molecule has 10 heteroatoms. The van der Waals surface area contributed by atoms with E-state index < -0.39 is 24.6 Å². The second-order valence-electron chi connectivity index (χ2n) is 5.59. The summed E-state index contributed by atoms with van der Waals surface area (Å²) in [6.45, 7) is -1.28. The van der Waals surface area contributed by atoms with Crippen LogP contribution in [0.2, 0.25) is 0 Å². The SMILES string of the molecule is O[C@H](CSc1nnc(-c2ccncc2)n1CC(F)(F)F)c1ccccc1F. The van der Waals surface area contributed by atoms with E-state index in [-0.39, 0.29) is 22.3 Å². The maximum absolute atomic E-state index is 13.7. The molecule has 0 aliphatic rings. The van der Waals surface area contributed by atoms with Crippen LogP contribution in [0.4, 0.5) is 17.6 Å². The molecule has 0 spiro atoms. The van der Waals surface area contributed by atoms with Crippen LogP contribution in [0.15, 0.2) is 53.9 Å². The Balaban J connectivity index is 1.85. The standard InChI is InChI=1S/C17H14F4N4OS/c18-13-4-2-1-3-12(13)14(26)9-27-16-24-23-15(11-5-7-22-8-6-11)25(16)10-17(19,20)21/h1-8,14,26H,9-10H2/t14-/m1/s1. The molecular formula is C17H14F4N4OS. The highest BCUT2D eigenvalue weighted by Gasteiger charge is 2.31. The van der Waals surface area contributed by atoms with Crippen molar-refractivity contribution in [1.29, 1.82) is 0 Å². The molecule has 0 unspecified atom stereocenters. The second-order valence-corrected chi connectivity index (χ2v) is 6.58. The van der Waals surface area contributed by atoms with E-state index in [4.69, 9.17) is 0 Å². The van der Waals surface area contributed by atoms with Gasteiger partial charge in [0.05, 0.1) is 6.10 Å². The Morgan fingerprint density at radius 3 is 2.44 bits per heavy atom. The molecule has 0 fully saturated rings. The number of hydrogen-bond acceptors (Lipinski definition) is 5. The first kappa shape index (κ1) is 19.3. The molecule has 3 aromatic rings. The fourth-order valence-corrected chi connectivity index (χ4v) is 3.31. The van der Waals surface area contributed by atoms with Crippen LogP contribution < -0.4 is 0 Å². The molecule has 3 rings (SSSR count). The van der Waals surface area contributed by atoms with E-state index in [1.807, 2.05) is 0 Å². The molecule has 0 bridgehead atoms. The molecule has 0 amide bonds. The number of halogens is 4. The highest BCUT2D eigenvalue weighted by molar-refractivity contribution is 7.99. The minimum Gasteiger partial charge on any atom is -0.387 e. The average Bonchev–Trinajstić information content (AvgIpc) is 3.01. The van der Waals surface area contributed by atoms with Gasteiger partial charge in [-0.15, -0.1) is 10.2 Å². The third-order valence-electron chi connectivity index (χ3n) is 3.63. The minimum absolute atomic E-state index is 0.0190. The number of thioether (sulfide) groups is 1. The number of hydrogen-bond donors (Lipinski definition) is 1. The molecule has 1 N–H and O–H groups in total. The Bertz CT molecular complexity index is 901. The van der Waals surface area contributed by atoms with Crippen LogP contribution in [-0.4, -0.2) is 36.8 Å². The van der Waals surface area contributed by atoms with E-state index >= 15 is 0 Å². The topological polar surface area (TPSA) is 63.8 Å². The number of alkyl halides is 3. The van der Waals surface area contributed by atoms with Crippen molar-refractivity contribution in [2.24, 2.45) is 0 Å². The van der Waals surface area contributed by atoms with E-state index in [9.17, 15) is 22.7 Å². The van der Waals surface area contributed by atoms with Crippen molar-refractivity contribution in [3.63, 3.8) is 0 Å². The summed E-state index contributed by atoms with van der Waals surface area (Å²) in [6.07, 6.45) is -2.80. The van der Waals surface area contributed by atoms with Crippen LogP contribution in [0, 0.1) is 5.82 Å². The van der Waals surface area contributed by atoms with Gasteiger partial charge >= 0.3 is 6.18 Å². The van der Waals surface area contributed by atoms with Gasteiger partial charge in [-0.05, 0) is 18.2 Å². The summed E-state index contributed by atoms with van der Waals surface area (Å²) in [5.74, 6) is -0.620. The van der Waals surface area contributed by atoms with Crippen molar-refractivity contribution in [3.05, 3.63) is 60.2 Å². The van der Waals surface area contributed by atoms with Crippen LogP contribution >= 0.6 is 11.8 Å². The molecule has 142 valence electrons. The summed E-state index contributed by atoms with van der Waals surface area (Å²) < 4.78 is 53.7. The van der Waals surface area contributed by atoms with Gasteiger partial charge in [-0.1, -0.05) is 30.0 Å². The quantitative estimate of drug-likeness (QED) is 0.505. The van der Waals surface area contributed by atoms with Crippen LogP contribution in [-0.2, 0) is 6.54 Å². The summed E-state index contributed by atoms with van der Waals surface area (Å²) >= 11 is 0.872. The monoisotopic (exact) mass is 398 g/mol. The summed E-state index contributed by atoms with van der Waals surface area (Å²) in [7, 11) is 0. The molecule has 0 aliphatic carbocycles. The lowest BCUT2D eigenvalue weighted by Crippen LogP contribution is -2.19. The molecule has 2 heterocycles. The normalized spacial score (nSPS) is 12.9. The van der Waals surface area contributed by atoms with Crippen molar-refractivity contribution in [3.8, 4) is 11.4 Å². The van der Waals surface area contributed by atoms with Crippen LogP contribution in [0.5, 0.6) is 0 Å². The molecule has 1 atom stereocenters. The van der Waals surface area contributed by atoms with Crippen molar-refractivity contribution < 1.29 is 22.7 Å². The molecule has 0 aliphatic heterocycles. The van der Waals surface area contributed by atoms with Gasteiger partial charge in [0.1, 0.15) is 12.4 Å². The molecule has 27 heavy (non-hydrogen) atoms. The first-order valence-electron chi connectivity index (χ1n) is 7.81. The van der Waals surface area contributed by atoms with E-state index in [2.05, 4.69) is 15.2 Å². The molecule has 0 saturated carbocycles. The van der Waals surface area contributed by atoms with E-state index in [0.717, 1.165) is 16.3 Å². The summed E-state index contributed by atoms with van der Waals surface area (Å²) in [5, 5.41) is 17.8. The highest BCUT2D eigenvalue weighted by atomic mass is 32.2. The third kappa shape index (κ3) is 4.83. The van der Waals surface area contributed by atoms with Gasteiger partial charge in [0.2, 0.25) is 0 Å². The number of aliphatic hydroxyl groups excluding tert-OH is 1. The molecule has 2 aromatic heterocycles. The van der Waals surface area contributed by atoms with Crippen LogP contribution in [0.3, 0.4) is 0 Å². The van der Waals surface area contributed by atoms with Gasteiger partial charge in [-0.2, -0.15) is 13.2 Å². The van der Waals surface area contributed by atoms with Crippen molar-refractivity contribution >= 4 is 11.8 Å². The van der Waals surface area contributed by atoms with Gasteiger partial charge in [0, 0.05) is 29.3 Å². The molecule has 5 nitrogen and oxygen atoms in total. The molecule has 0 saturated heterocycles. The number of benzene rings is 1. The van der Waals surface area contributed by atoms with Gasteiger partial charge in [-0.25, -0.2) is 4.39 Å². The fourth-order valence-electron chi connectivity index (χ4n) is 2.42. The molecular weight excluding hydrogens is 384 g/mol. The maximum atomic E-state index is 13.7. The van der Waals surface area contributed by atoms with Crippen LogP contribution in [0.1, 0.15) is 11.7 Å². The number of nitrogens with zero attached hydrogens (tertiary/aromatic N) is 4. The Morgan fingerprint density at radius 2 is 1.78 bits per heavy atom. The zero-order chi connectivity index (χ0) is 19.4. The number of aliphatic hydroxyl groups is 1. The van der Waals surface area contributed by atoms with Gasteiger partial charge in [0.15, 0.2) is 11.0 Å². The smallest absolute Gasteiger partial charge is 0.387 e. The molecule has 1 aromatic carbocycles. The fraction of sp³-hybridized carbons (Fsp3) is 0.235. The minimum atomic E-state index is -4.48. The number of rotatable bonds is 6. The summed E-state index contributed by atoms with van der Waals surface area (Å²) in [4.78, 5) is 3.83. The predicted molar refractivity (Wildman–Crippen MR) is 91.4 cm³/mol. The number of pyridine rings is 1. The highest BCUT2D eigenvalue weighted by Crippen LogP contribution is 2.30. The van der Waals surface area contributed by atoms with Crippen molar-refractivity contribution in [2.75, 3.05) is 5.75 Å². The Labute approximate surface area is 156 Å². The largest absolute Gasteiger partial charge is 0.406 e. The van der Waals surface area contributed by atoms with Gasteiger partial charge in [0.25, 0.3) is 0 Å². The lowest BCUT2D eigenvalue weighted by molar-refractivity contribution is -0.141. The van der Waals surface area contributed by atoms with E-state index in [1.54, 1.807) is 6.07 Å².